The van der Waals surface area contributed by atoms with Gasteiger partial charge in [-0.05, 0) is 25.1 Å². The van der Waals surface area contributed by atoms with Gasteiger partial charge >= 0.3 is 0 Å². The van der Waals surface area contributed by atoms with Crippen molar-refractivity contribution >= 4 is 34.0 Å². The molecular weight excluding hydrogens is 284 g/mol. The summed E-state index contributed by atoms with van der Waals surface area (Å²) in [5.41, 5.74) is 0.610. The average Bonchev–Trinajstić information content (AvgIpc) is 2.37. The van der Waals surface area contributed by atoms with Crippen molar-refractivity contribution in [2.45, 2.75) is 18.6 Å². The second-order valence-electron chi connectivity index (χ2n) is 4.30. The molecule has 0 saturated heterocycles. The fourth-order valence-corrected chi connectivity index (χ4v) is 2.06. The van der Waals surface area contributed by atoms with Crippen LogP contribution in [-0.4, -0.2) is 34.7 Å². The third kappa shape index (κ3) is 6.18. The summed E-state index contributed by atoms with van der Waals surface area (Å²) in [6, 6.07) is 7.10. The lowest BCUT2D eigenvalue weighted by molar-refractivity contribution is -0.115. The highest BCUT2D eigenvalue weighted by Crippen LogP contribution is 2.19. The number of benzene rings is 1. The lowest BCUT2D eigenvalue weighted by atomic mass is 10.3. The predicted octanol–water partition coefficient (Wildman–Crippen LogP) is 2.03. The van der Waals surface area contributed by atoms with Crippen LogP contribution in [0.4, 0.5) is 5.69 Å². The third-order valence-corrected chi connectivity index (χ3v) is 4.43. The smallest absolute Gasteiger partial charge is 0.238 e. The molecule has 0 aromatic heterocycles. The van der Waals surface area contributed by atoms with Crippen molar-refractivity contribution in [3.05, 3.63) is 29.3 Å². The summed E-state index contributed by atoms with van der Waals surface area (Å²) in [6.07, 6.45) is 2.47. The zero-order chi connectivity index (χ0) is 14.3. The van der Waals surface area contributed by atoms with E-state index in [9.17, 15) is 9.00 Å². The molecule has 0 spiro atoms. The normalized spacial score (nSPS) is 13.8. The van der Waals surface area contributed by atoms with E-state index in [4.69, 9.17) is 11.6 Å². The van der Waals surface area contributed by atoms with Crippen molar-refractivity contribution in [1.82, 2.24) is 5.32 Å². The topological polar surface area (TPSA) is 58.2 Å². The monoisotopic (exact) mass is 302 g/mol. The Hall–Kier alpha value is -0.910. The second-order valence-corrected chi connectivity index (χ2v) is 6.51. The van der Waals surface area contributed by atoms with Crippen LogP contribution in [0.3, 0.4) is 0 Å². The number of para-hydroxylation sites is 1. The summed E-state index contributed by atoms with van der Waals surface area (Å²) in [5, 5.41) is 6.41. The zero-order valence-corrected chi connectivity index (χ0v) is 12.7. The van der Waals surface area contributed by atoms with E-state index >= 15 is 0 Å². The molecule has 1 aromatic carbocycles. The van der Waals surface area contributed by atoms with Gasteiger partial charge in [0, 0.05) is 22.3 Å². The van der Waals surface area contributed by atoms with Gasteiger partial charge in [-0.15, -0.1) is 0 Å². The Morgan fingerprint density at radius 1 is 1.42 bits per heavy atom. The molecule has 1 amide bonds. The number of halogens is 1. The fraction of sp³-hybridized carbons (Fsp3) is 0.462. The minimum Gasteiger partial charge on any atom is -0.324 e. The molecule has 2 unspecified atom stereocenters. The molecule has 2 N–H and O–H groups in total. The average molecular weight is 303 g/mol. The molecule has 1 aromatic rings. The van der Waals surface area contributed by atoms with Gasteiger partial charge in [-0.2, -0.15) is 0 Å². The largest absolute Gasteiger partial charge is 0.324 e. The number of rotatable bonds is 7. The minimum atomic E-state index is -0.817. The maximum atomic E-state index is 11.7. The van der Waals surface area contributed by atoms with E-state index in [1.165, 1.54) is 0 Å². The van der Waals surface area contributed by atoms with E-state index in [2.05, 4.69) is 10.6 Å². The van der Waals surface area contributed by atoms with Gasteiger partial charge in [0.1, 0.15) is 0 Å². The third-order valence-electron chi connectivity index (χ3n) is 2.73. The molecule has 4 nitrogen and oxygen atoms in total. The predicted molar refractivity (Wildman–Crippen MR) is 81.1 cm³/mol. The first-order valence-corrected chi connectivity index (χ1v) is 8.08. The molecule has 0 fully saturated rings. The van der Waals surface area contributed by atoms with Crippen molar-refractivity contribution in [1.29, 1.82) is 0 Å². The summed E-state index contributed by atoms with van der Waals surface area (Å²) < 4.78 is 11.1. The highest BCUT2D eigenvalue weighted by Gasteiger charge is 2.07. The van der Waals surface area contributed by atoms with Gasteiger partial charge in [-0.3, -0.25) is 9.00 Å². The van der Waals surface area contributed by atoms with E-state index in [0.29, 0.717) is 17.3 Å². The number of carbonyl (C=O) groups excluding carboxylic acids is 1. The Morgan fingerprint density at radius 3 is 2.74 bits per heavy atom. The van der Waals surface area contributed by atoms with Crippen molar-refractivity contribution in [2.24, 2.45) is 0 Å². The molecule has 6 heteroatoms. The highest BCUT2D eigenvalue weighted by atomic mass is 35.5. The van der Waals surface area contributed by atoms with E-state index in [1.807, 2.05) is 19.1 Å². The molecule has 0 heterocycles. The molecule has 0 saturated carbocycles. The van der Waals surface area contributed by atoms with Crippen LogP contribution in [0, 0.1) is 0 Å². The van der Waals surface area contributed by atoms with Gasteiger partial charge in [0.05, 0.1) is 17.3 Å². The number of amides is 1. The van der Waals surface area contributed by atoms with Crippen LogP contribution in [0.5, 0.6) is 0 Å². The van der Waals surface area contributed by atoms with E-state index < -0.39 is 10.8 Å². The number of hydrogen-bond acceptors (Lipinski definition) is 3. The first kappa shape index (κ1) is 16.1. The van der Waals surface area contributed by atoms with E-state index in [-0.39, 0.29) is 17.7 Å². The number of anilines is 1. The molecule has 0 aliphatic heterocycles. The zero-order valence-electron chi connectivity index (χ0n) is 11.1. The molecule has 0 aliphatic carbocycles. The van der Waals surface area contributed by atoms with Crippen molar-refractivity contribution < 1.29 is 9.00 Å². The Kier molecular flexibility index (Phi) is 7.05. The Morgan fingerprint density at radius 2 is 2.11 bits per heavy atom. The standard InChI is InChI=1S/C13H19ClN2O2S/c1-10(19(2)18)7-8-15-9-13(17)16-12-6-4-3-5-11(12)14/h3-6,10,15H,7-9H2,1-2H3,(H,16,17). The number of carbonyl (C=O) groups is 1. The van der Waals surface area contributed by atoms with Gasteiger partial charge in [0.25, 0.3) is 0 Å². The minimum absolute atomic E-state index is 0.138. The lowest BCUT2D eigenvalue weighted by Crippen LogP contribution is -2.30. The Balaban J connectivity index is 2.26. The van der Waals surface area contributed by atoms with Crippen molar-refractivity contribution in [2.75, 3.05) is 24.7 Å². The molecular formula is C13H19ClN2O2S. The van der Waals surface area contributed by atoms with Crippen LogP contribution >= 0.6 is 11.6 Å². The summed E-state index contributed by atoms with van der Waals surface area (Å²) in [4.78, 5) is 11.7. The number of nitrogens with one attached hydrogen (secondary N) is 2. The van der Waals surface area contributed by atoms with Crippen LogP contribution in [-0.2, 0) is 15.6 Å². The van der Waals surface area contributed by atoms with Gasteiger partial charge < -0.3 is 10.6 Å². The Bertz CT molecular complexity index is 454. The van der Waals surface area contributed by atoms with Crippen LogP contribution < -0.4 is 10.6 Å². The molecule has 1 rings (SSSR count). The first-order valence-electron chi connectivity index (χ1n) is 6.08. The maximum absolute atomic E-state index is 11.7. The van der Waals surface area contributed by atoms with E-state index in [0.717, 1.165) is 6.42 Å². The van der Waals surface area contributed by atoms with Crippen LogP contribution in [0.2, 0.25) is 5.02 Å². The first-order chi connectivity index (χ1) is 9.00. The maximum Gasteiger partial charge on any atom is 0.238 e. The summed E-state index contributed by atoms with van der Waals surface area (Å²) in [6.45, 7) is 2.81. The molecule has 19 heavy (non-hydrogen) atoms. The fourth-order valence-electron chi connectivity index (χ4n) is 1.43. The summed E-state index contributed by atoms with van der Waals surface area (Å²) in [5.74, 6) is -0.140. The number of hydrogen-bond donors (Lipinski definition) is 2. The summed E-state index contributed by atoms with van der Waals surface area (Å²) >= 11 is 5.94. The SMILES string of the molecule is CC(CCNCC(=O)Nc1ccccc1Cl)S(C)=O. The highest BCUT2D eigenvalue weighted by molar-refractivity contribution is 7.84. The van der Waals surface area contributed by atoms with Gasteiger partial charge in [0.2, 0.25) is 5.91 Å². The molecule has 106 valence electrons. The molecule has 0 bridgehead atoms. The van der Waals surface area contributed by atoms with Crippen LogP contribution in [0.15, 0.2) is 24.3 Å². The van der Waals surface area contributed by atoms with Crippen LogP contribution in [0.1, 0.15) is 13.3 Å². The summed E-state index contributed by atoms with van der Waals surface area (Å²) in [7, 11) is -0.817. The van der Waals surface area contributed by atoms with Gasteiger partial charge in [-0.1, -0.05) is 30.7 Å². The van der Waals surface area contributed by atoms with E-state index in [1.54, 1.807) is 18.4 Å². The lowest BCUT2D eigenvalue weighted by Gasteiger charge is -2.10. The van der Waals surface area contributed by atoms with Crippen molar-refractivity contribution in [3.63, 3.8) is 0 Å². The molecule has 2 atom stereocenters. The Labute approximate surface area is 121 Å². The van der Waals surface area contributed by atoms with Gasteiger partial charge in [-0.25, -0.2) is 0 Å². The van der Waals surface area contributed by atoms with Crippen molar-refractivity contribution in [3.8, 4) is 0 Å². The molecule has 0 radical (unpaired) electrons. The molecule has 0 aliphatic rings. The van der Waals surface area contributed by atoms with Gasteiger partial charge in [0.15, 0.2) is 0 Å². The van der Waals surface area contributed by atoms with Crippen LogP contribution in [0.25, 0.3) is 0 Å². The quantitative estimate of drug-likeness (QED) is 0.758. The second kappa shape index (κ2) is 8.30.